The summed E-state index contributed by atoms with van der Waals surface area (Å²) in [7, 11) is -4.19. The van der Waals surface area contributed by atoms with E-state index in [-0.39, 0.29) is 22.9 Å². The summed E-state index contributed by atoms with van der Waals surface area (Å²) in [5.41, 5.74) is 6.07. The van der Waals surface area contributed by atoms with Gasteiger partial charge < -0.3 is 15.6 Å². The van der Waals surface area contributed by atoms with Crippen molar-refractivity contribution in [2.24, 2.45) is 5.14 Å². The van der Waals surface area contributed by atoms with Gasteiger partial charge in [-0.1, -0.05) is 11.8 Å². The minimum Gasteiger partial charge on any atom is -0.390 e. The number of aliphatic hydroxyl groups excluding tert-OH is 1. The standard InChI is InChI=1S/C12H16F2N6O5S2/c13-7(14)3-26-12-9-10(15)17-4-18-11(9)20(19-12)8-1-5(21)6(25-8)2-24-27(16,22)23/h4-8,21H,1-3H2,(H2,15,17,18)(H2,16,22,23)/t5-,6-,8+/m0/s1. The molecule has 2 aromatic heterocycles. The lowest BCUT2D eigenvalue weighted by Crippen LogP contribution is -2.30. The largest absolute Gasteiger partial charge is 0.390 e. The summed E-state index contributed by atoms with van der Waals surface area (Å²) in [5, 5.41) is 19.6. The highest BCUT2D eigenvalue weighted by atomic mass is 32.2. The summed E-state index contributed by atoms with van der Waals surface area (Å²) in [6.07, 6.45) is -4.21. The van der Waals surface area contributed by atoms with Crippen LogP contribution < -0.4 is 10.9 Å². The molecule has 1 saturated heterocycles. The van der Waals surface area contributed by atoms with Gasteiger partial charge in [-0.05, 0) is 0 Å². The van der Waals surface area contributed by atoms with Gasteiger partial charge in [-0.3, -0.25) is 4.18 Å². The first-order chi connectivity index (χ1) is 12.7. The van der Waals surface area contributed by atoms with Crippen LogP contribution in [0.2, 0.25) is 0 Å². The van der Waals surface area contributed by atoms with Crippen LogP contribution in [0.3, 0.4) is 0 Å². The number of nitrogens with two attached hydrogens (primary N) is 2. The highest BCUT2D eigenvalue weighted by Crippen LogP contribution is 2.36. The lowest BCUT2D eigenvalue weighted by molar-refractivity contribution is -0.0415. The molecule has 150 valence electrons. The van der Waals surface area contributed by atoms with E-state index >= 15 is 0 Å². The number of hydrogen-bond acceptors (Lipinski definition) is 10. The molecule has 0 unspecified atom stereocenters. The van der Waals surface area contributed by atoms with Crippen LogP contribution in [0.15, 0.2) is 11.4 Å². The zero-order valence-corrected chi connectivity index (χ0v) is 15.2. The van der Waals surface area contributed by atoms with Crippen molar-refractivity contribution in [1.29, 1.82) is 0 Å². The summed E-state index contributed by atoms with van der Waals surface area (Å²) < 4.78 is 58.2. The van der Waals surface area contributed by atoms with E-state index in [2.05, 4.69) is 19.2 Å². The number of nitrogens with zero attached hydrogens (tertiary/aromatic N) is 4. The van der Waals surface area contributed by atoms with E-state index in [4.69, 9.17) is 15.6 Å². The summed E-state index contributed by atoms with van der Waals surface area (Å²) in [6, 6.07) is 0. The predicted octanol–water partition coefficient (Wildman–Crippen LogP) is -0.366. The van der Waals surface area contributed by atoms with Gasteiger partial charge in [0, 0.05) is 6.42 Å². The molecule has 0 radical (unpaired) electrons. The van der Waals surface area contributed by atoms with Crippen LogP contribution in [-0.2, 0) is 19.2 Å². The molecule has 0 amide bonds. The second-order valence-electron chi connectivity index (χ2n) is 5.62. The number of rotatable bonds is 7. The van der Waals surface area contributed by atoms with E-state index in [0.717, 1.165) is 11.8 Å². The van der Waals surface area contributed by atoms with E-state index in [1.54, 1.807) is 0 Å². The molecule has 0 spiro atoms. The van der Waals surface area contributed by atoms with Gasteiger partial charge in [-0.2, -0.15) is 13.5 Å². The zero-order chi connectivity index (χ0) is 19.8. The Balaban J connectivity index is 1.87. The van der Waals surface area contributed by atoms with Gasteiger partial charge in [0.05, 0.1) is 23.8 Å². The molecule has 27 heavy (non-hydrogen) atoms. The lowest BCUT2D eigenvalue weighted by atomic mass is 10.2. The third-order valence-electron chi connectivity index (χ3n) is 3.71. The maximum Gasteiger partial charge on any atom is 0.333 e. The van der Waals surface area contributed by atoms with E-state index in [9.17, 15) is 22.3 Å². The molecule has 11 nitrogen and oxygen atoms in total. The Bertz CT molecular complexity index is 926. The van der Waals surface area contributed by atoms with Crippen LogP contribution in [0, 0.1) is 0 Å². The molecular weight excluding hydrogens is 410 g/mol. The quantitative estimate of drug-likeness (QED) is 0.497. The molecule has 0 aliphatic carbocycles. The van der Waals surface area contributed by atoms with Gasteiger partial charge in [0.25, 0.3) is 0 Å². The van der Waals surface area contributed by atoms with Gasteiger partial charge in [0.2, 0.25) is 6.43 Å². The van der Waals surface area contributed by atoms with E-state index in [0.29, 0.717) is 5.39 Å². The van der Waals surface area contributed by atoms with Crippen molar-refractivity contribution in [3.8, 4) is 0 Å². The minimum absolute atomic E-state index is 0.0400. The average molecular weight is 426 g/mol. The van der Waals surface area contributed by atoms with Crippen LogP contribution in [-0.4, -0.2) is 64.3 Å². The number of halogens is 2. The molecular formula is C12H16F2N6O5S2. The number of alkyl halides is 2. The maximum atomic E-state index is 12.6. The van der Waals surface area contributed by atoms with Crippen molar-refractivity contribution in [1.82, 2.24) is 19.7 Å². The maximum absolute atomic E-state index is 12.6. The molecule has 3 atom stereocenters. The number of fused-ring (bicyclic) bond motifs is 1. The summed E-state index contributed by atoms with van der Waals surface area (Å²) >= 11 is 0.786. The first-order valence-electron chi connectivity index (χ1n) is 7.56. The summed E-state index contributed by atoms with van der Waals surface area (Å²) in [5.74, 6) is -0.435. The Labute approximate surface area is 156 Å². The molecule has 3 rings (SSSR count). The van der Waals surface area contributed by atoms with Crippen LogP contribution in [0.4, 0.5) is 14.6 Å². The van der Waals surface area contributed by atoms with Gasteiger partial charge >= 0.3 is 10.3 Å². The highest BCUT2D eigenvalue weighted by Gasteiger charge is 2.38. The number of ether oxygens (including phenoxy) is 1. The van der Waals surface area contributed by atoms with Crippen LogP contribution >= 0.6 is 11.8 Å². The molecule has 0 bridgehead atoms. The normalized spacial score (nSPS) is 23.5. The number of anilines is 1. The van der Waals surface area contributed by atoms with Crippen molar-refractivity contribution >= 4 is 38.9 Å². The van der Waals surface area contributed by atoms with Crippen LogP contribution in [0.5, 0.6) is 0 Å². The van der Waals surface area contributed by atoms with Gasteiger partial charge in [-0.15, -0.1) is 0 Å². The summed E-state index contributed by atoms with van der Waals surface area (Å²) in [4.78, 5) is 7.91. The smallest absolute Gasteiger partial charge is 0.333 e. The molecule has 3 heterocycles. The molecule has 1 aliphatic heterocycles. The molecule has 0 saturated carbocycles. The van der Waals surface area contributed by atoms with Crippen LogP contribution in [0.25, 0.3) is 11.0 Å². The predicted molar refractivity (Wildman–Crippen MR) is 90.1 cm³/mol. The Morgan fingerprint density at radius 2 is 2.22 bits per heavy atom. The van der Waals surface area contributed by atoms with Crippen molar-refractivity contribution in [2.75, 3.05) is 18.1 Å². The molecule has 1 aliphatic rings. The lowest BCUT2D eigenvalue weighted by Gasteiger charge is -2.14. The van der Waals surface area contributed by atoms with Gasteiger partial charge in [0.1, 0.15) is 23.3 Å². The van der Waals surface area contributed by atoms with E-state index in [1.807, 2.05) is 0 Å². The van der Waals surface area contributed by atoms with Gasteiger partial charge in [0.15, 0.2) is 11.9 Å². The van der Waals surface area contributed by atoms with E-state index < -0.39 is 47.5 Å². The minimum atomic E-state index is -4.19. The van der Waals surface area contributed by atoms with Crippen molar-refractivity contribution in [3.63, 3.8) is 0 Å². The number of nitrogen functional groups attached to an aromatic ring is 1. The molecule has 15 heteroatoms. The number of thioether (sulfide) groups is 1. The first kappa shape index (κ1) is 20.1. The second-order valence-corrected chi connectivity index (χ2v) is 7.85. The fourth-order valence-electron chi connectivity index (χ4n) is 2.58. The fourth-order valence-corrected chi connectivity index (χ4v) is 3.68. The van der Waals surface area contributed by atoms with Crippen molar-refractivity contribution in [2.45, 2.75) is 36.3 Å². The first-order valence-corrected chi connectivity index (χ1v) is 10.0. The molecule has 2 aromatic rings. The van der Waals surface area contributed by atoms with Crippen LogP contribution in [0.1, 0.15) is 12.6 Å². The Hall–Kier alpha value is -1.65. The number of aromatic nitrogens is 4. The van der Waals surface area contributed by atoms with Gasteiger partial charge in [-0.25, -0.2) is 28.6 Å². The Kier molecular flexibility index (Phi) is 5.78. The SMILES string of the molecule is Nc1ncnc2c1c(SCC(F)F)nn2[C@H]1C[C@H](O)[C@H](COS(N)(=O)=O)O1. The molecule has 5 N–H and O–H groups in total. The number of aliphatic hydroxyl groups is 1. The highest BCUT2D eigenvalue weighted by molar-refractivity contribution is 7.99. The molecule has 0 aromatic carbocycles. The van der Waals surface area contributed by atoms with E-state index in [1.165, 1.54) is 11.0 Å². The third-order valence-corrected chi connectivity index (χ3v) is 5.15. The van der Waals surface area contributed by atoms with Crippen molar-refractivity contribution < 1.29 is 31.2 Å². The summed E-state index contributed by atoms with van der Waals surface area (Å²) in [6.45, 7) is -0.486. The number of hydrogen-bond donors (Lipinski definition) is 3. The monoisotopic (exact) mass is 426 g/mol. The Morgan fingerprint density at radius 1 is 1.48 bits per heavy atom. The topological polar surface area (TPSA) is 168 Å². The third kappa shape index (κ3) is 4.61. The molecule has 1 fully saturated rings. The zero-order valence-electron chi connectivity index (χ0n) is 13.6. The fraction of sp³-hybridized carbons (Fsp3) is 0.583. The average Bonchev–Trinajstić information content (AvgIpc) is 3.12. The second kappa shape index (κ2) is 7.76. The van der Waals surface area contributed by atoms with Crippen molar-refractivity contribution in [3.05, 3.63) is 6.33 Å². The Morgan fingerprint density at radius 3 is 2.89 bits per heavy atom.